The molecule has 0 bridgehead atoms. The van der Waals surface area contributed by atoms with E-state index >= 15 is 0 Å². The number of benzene rings is 3. The largest absolute Gasteiger partial charge is 0.384 e. The van der Waals surface area contributed by atoms with Crippen LogP contribution in [0.5, 0.6) is 0 Å². The number of methoxy groups -OCH3 is 2. The third-order valence-electron chi connectivity index (χ3n) is 5.25. The van der Waals surface area contributed by atoms with Crippen molar-refractivity contribution in [2.75, 3.05) is 27.4 Å². The molecule has 6 nitrogen and oxygen atoms in total. The maximum Gasteiger partial charge on any atom is 0.165 e. The molecule has 0 heterocycles. The first-order chi connectivity index (χ1) is 16.3. The average Bonchev–Trinajstić information content (AvgIpc) is 2.85. The second-order valence-electron chi connectivity index (χ2n) is 7.80. The molecule has 0 N–H and O–H groups in total. The van der Waals surface area contributed by atoms with E-state index in [1.807, 2.05) is 24.3 Å². The summed E-state index contributed by atoms with van der Waals surface area (Å²) in [6, 6.07) is 17.7. The molecule has 0 amide bonds. The van der Waals surface area contributed by atoms with Gasteiger partial charge in [0, 0.05) is 49.3 Å². The zero-order chi connectivity index (χ0) is 25.1. The minimum absolute atomic E-state index is 0.00545. The van der Waals surface area contributed by atoms with Gasteiger partial charge in [-0.2, -0.15) is 0 Å². The second-order valence-corrected chi connectivity index (χ2v) is 7.80. The van der Waals surface area contributed by atoms with Gasteiger partial charge < -0.3 is 9.47 Å². The molecule has 3 rings (SSSR count). The Morgan fingerprint density at radius 3 is 1.41 bits per heavy atom. The molecular weight excluding hydrogens is 432 g/mol. The molecule has 0 spiro atoms. The van der Waals surface area contributed by atoms with Gasteiger partial charge in [-0.15, -0.1) is 0 Å². The van der Waals surface area contributed by atoms with Gasteiger partial charge in [0.15, 0.2) is 23.1 Å². The maximum atomic E-state index is 11.9. The first kappa shape index (κ1) is 26.8. The monoisotopic (exact) mass is 462 g/mol. The van der Waals surface area contributed by atoms with Crippen LogP contribution < -0.4 is 0 Å². The number of hydrogen-bond acceptors (Lipinski definition) is 6. The number of Topliss-reactive ketones (excluding diaryl/α,β-unsaturated/α-hetero) is 4. The molecule has 0 aliphatic rings. The summed E-state index contributed by atoms with van der Waals surface area (Å²) in [5.74, 6) is 0.152. The highest BCUT2D eigenvalue weighted by atomic mass is 16.5. The molecule has 0 unspecified atom stereocenters. The van der Waals surface area contributed by atoms with Crippen LogP contribution in [0.15, 0.2) is 60.7 Å². The van der Waals surface area contributed by atoms with Gasteiger partial charge in [-0.1, -0.05) is 48.5 Å². The van der Waals surface area contributed by atoms with Crippen molar-refractivity contribution in [3.05, 3.63) is 82.9 Å². The van der Waals surface area contributed by atoms with Crippen molar-refractivity contribution in [2.45, 2.75) is 26.7 Å². The molecule has 0 saturated carbocycles. The minimum atomic E-state index is 0.00545. The Bertz CT molecular complexity index is 1160. The molecule has 3 aromatic rings. The SMILES string of the molecule is COCCC(=O)c1ccc(C(C)=O)cc1.COCCC(=O)c1ccc2cc(C(C)=O)ccc2c1. The minimum Gasteiger partial charge on any atom is -0.384 e. The number of rotatable bonds is 10. The fourth-order valence-electron chi connectivity index (χ4n) is 3.21. The highest BCUT2D eigenvalue weighted by Crippen LogP contribution is 2.19. The lowest BCUT2D eigenvalue weighted by Gasteiger charge is -2.04. The van der Waals surface area contributed by atoms with Crippen LogP contribution in [-0.4, -0.2) is 50.6 Å². The van der Waals surface area contributed by atoms with E-state index in [1.165, 1.54) is 6.92 Å². The third kappa shape index (κ3) is 7.83. The summed E-state index contributed by atoms with van der Waals surface area (Å²) in [5.41, 5.74) is 2.61. The Morgan fingerprint density at radius 1 is 0.559 bits per heavy atom. The Hall–Kier alpha value is -3.48. The molecule has 0 aliphatic carbocycles. The van der Waals surface area contributed by atoms with Crippen LogP contribution in [0.3, 0.4) is 0 Å². The molecule has 0 aromatic heterocycles. The summed E-state index contributed by atoms with van der Waals surface area (Å²) in [7, 11) is 3.14. The van der Waals surface area contributed by atoms with Crippen LogP contribution in [0, 0.1) is 0 Å². The Morgan fingerprint density at radius 2 is 0.941 bits per heavy atom. The Kier molecular flexibility index (Phi) is 10.5. The standard InChI is InChI=1S/C16H16O3.C12H14O3/c1-11(17)12-3-4-14-10-15(6-5-13(14)9-12)16(18)7-8-19-2;1-9(13)10-3-5-11(6-4-10)12(14)7-8-15-2/h3-6,9-10H,7-8H2,1-2H3;3-6H,7-8H2,1-2H3. The zero-order valence-corrected chi connectivity index (χ0v) is 20.1. The van der Waals surface area contributed by atoms with Crippen molar-refractivity contribution in [1.29, 1.82) is 0 Å². The number of carbonyl (C=O) groups is 4. The molecule has 0 radical (unpaired) electrons. The fraction of sp³-hybridized carbons (Fsp3) is 0.286. The van der Waals surface area contributed by atoms with Gasteiger partial charge in [0.1, 0.15) is 0 Å². The van der Waals surface area contributed by atoms with Gasteiger partial charge in [0.05, 0.1) is 13.2 Å². The predicted molar refractivity (Wildman–Crippen MR) is 132 cm³/mol. The number of ketones is 4. The van der Waals surface area contributed by atoms with E-state index in [4.69, 9.17) is 9.47 Å². The van der Waals surface area contributed by atoms with Crippen LogP contribution in [0.25, 0.3) is 10.8 Å². The topological polar surface area (TPSA) is 86.7 Å². The van der Waals surface area contributed by atoms with Gasteiger partial charge >= 0.3 is 0 Å². The van der Waals surface area contributed by atoms with Crippen molar-refractivity contribution in [2.24, 2.45) is 0 Å². The zero-order valence-electron chi connectivity index (χ0n) is 20.1. The molecule has 3 aromatic carbocycles. The highest BCUT2D eigenvalue weighted by Gasteiger charge is 2.08. The normalized spacial score (nSPS) is 10.4. The van der Waals surface area contributed by atoms with E-state index in [2.05, 4.69) is 0 Å². The molecule has 178 valence electrons. The van der Waals surface area contributed by atoms with E-state index < -0.39 is 0 Å². The van der Waals surface area contributed by atoms with Gasteiger partial charge in [-0.25, -0.2) is 0 Å². The summed E-state index contributed by atoms with van der Waals surface area (Å²) in [5, 5.41) is 1.93. The first-order valence-corrected chi connectivity index (χ1v) is 11.0. The lowest BCUT2D eigenvalue weighted by molar-refractivity contribution is 0.0923. The van der Waals surface area contributed by atoms with Gasteiger partial charge in [0.2, 0.25) is 0 Å². The third-order valence-corrected chi connectivity index (χ3v) is 5.25. The summed E-state index contributed by atoms with van der Waals surface area (Å²) in [4.78, 5) is 45.7. The number of fused-ring (bicyclic) bond motifs is 1. The summed E-state index contributed by atoms with van der Waals surface area (Å²) >= 11 is 0. The quantitative estimate of drug-likeness (QED) is 0.377. The van der Waals surface area contributed by atoms with E-state index in [1.54, 1.807) is 57.5 Å². The van der Waals surface area contributed by atoms with E-state index in [9.17, 15) is 19.2 Å². The Labute approximate surface area is 199 Å². The van der Waals surface area contributed by atoms with Crippen LogP contribution in [0.1, 0.15) is 68.1 Å². The summed E-state index contributed by atoms with van der Waals surface area (Å²) < 4.78 is 9.73. The molecule has 34 heavy (non-hydrogen) atoms. The van der Waals surface area contributed by atoms with Crippen molar-refractivity contribution < 1.29 is 28.7 Å². The fourth-order valence-corrected chi connectivity index (χ4v) is 3.21. The van der Waals surface area contributed by atoms with E-state index in [-0.39, 0.29) is 23.1 Å². The maximum absolute atomic E-state index is 11.9. The molecule has 6 heteroatoms. The van der Waals surface area contributed by atoms with E-state index in [0.717, 1.165) is 10.8 Å². The summed E-state index contributed by atoms with van der Waals surface area (Å²) in [6.07, 6.45) is 0.753. The molecule has 0 atom stereocenters. The molecule has 0 saturated heterocycles. The first-order valence-electron chi connectivity index (χ1n) is 11.0. The van der Waals surface area contributed by atoms with E-state index in [0.29, 0.717) is 48.3 Å². The van der Waals surface area contributed by atoms with Gasteiger partial charge in [0.25, 0.3) is 0 Å². The number of ether oxygens (including phenoxy) is 2. The number of carbonyl (C=O) groups excluding carboxylic acids is 4. The molecular formula is C28H30O6. The highest BCUT2D eigenvalue weighted by molar-refractivity contribution is 6.02. The summed E-state index contributed by atoms with van der Waals surface area (Å²) in [6.45, 7) is 3.90. The Balaban J connectivity index is 0.000000248. The lowest BCUT2D eigenvalue weighted by atomic mass is 10.0. The molecule has 0 fully saturated rings. The van der Waals surface area contributed by atoms with Crippen LogP contribution >= 0.6 is 0 Å². The van der Waals surface area contributed by atoms with Crippen LogP contribution in [-0.2, 0) is 9.47 Å². The van der Waals surface area contributed by atoms with Crippen molar-refractivity contribution in [1.82, 2.24) is 0 Å². The van der Waals surface area contributed by atoms with Crippen LogP contribution in [0.4, 0.5) is 0 Å². The predicted octanol–water partition coefficient (Wildman–Crippen LogP) is 5.37. The molecule has 0 aliphatic heterocycles. The van der Waals surface area contributed by atoms with Gasteiger partial charge in [-0.3, -0.25) is 19.2 Å². The lowest BCUT2D eigenvalue weighted by Crippen LogP contribution is -2.03. The average molecular weight is 463 g/mol. The number of hydrogen-bond donors (Lipinski definition) is 0. The van der Waals surface area contributed by atoms with Gasteiger partial charge in [-0.05, 0) is 36.8 Å². The smallest absolute Gasteiger partial charge is 0.165 e. The van der Waals surface area contributed by atoms with Crippen molar-refractivity contribution in [3.63, 3.8) is 0 Å². The van der Waals surface area contributed by atoms with Crippen molar-refractivity contribution in [3.8, 4) is 0 Å². The van der Waals surface area contributed by atoms with Crippen LogP contribution in [0.2, 0.25) is 0 Å². The van der Waals surface area contributed by atoms with Crippen molar-refractivity contribution >= 4 is 33.9 Å². The second kappa shape index (κ2) is 13.3.